The number of rotatable bonds is 5. The van der Waals surface area contributed by atoms with Crippen LogP contribution in [0.3, 0.4) is 0 Å². The molecule has 0 aliphatic carbocycles. The van der Waals surface area contributed by atoms with Crippen LogP contribution in [0.15, 0.2) is 34.8 Å². The first-order valence-corrected chi connectivity index (χ1v) is 11.5. The molecule has 160 valence electrons. The van der Waals surface area contributed by atoms with Crippen LogP contribution >= 0.6 is 57.9 Å². The SMILES string of the molecule is OCC1O[C@H](Sc2cc(Cl)c(Cl)c(Cl)c2)C(O)C(n2cc(-c3nccs3)nn2)[C@H]1O. The van der Waals surface area contributed by atoms with Gasteiger partial charge in [-0.05, 0) is 12.1 Å². The number of aromatic nitrogens is 4. The van der Waals surface area contributed by atoms with Gasteiger partial charge in [-0.15, -0.1) is 16.4 Å². The van der Waals surface area contributed by atoms with Crippen LogP contribution in [0.4, 0.5) is 0 Å². The second kappa shape index (κ2) is 9.27. The summed E-state index contributed by atoms with van der Waals surface area (Å²) in [4.78, 5) is 4.79. The highest BCUT2D eigenvalue weighted by Gasteiger charge is 2.46. The molecule has 2 aromatic heterocycles. The Morgan fingerprint density at radius 2 is 1.90 bits per heavy atom. The molecule has 1 aliphatic heterocycles. The van der Waals surface area contributed by atoms with Gasteiger partial charge >= 0.3 is 0 Å². The van der Waals surface area contributed by atoms with Crippen molar-refractivity contribution < 1.29 is 20.1 Å². The van der Waals surface area contributed by atoms with Gasteiger partial charge in [0.25, 0.3) is 0 Å². The zero-order valence-corrected chi connectivity index (χ0v) is 18.9. The molecule has 5 atom stereocenters. The summed E-state index contributed by atoms with van der Waals surface area (Å²) in [6.07, 6.45) is -0.111. The molecule has 3 aromatic rings. The lowest BCUT2D eigenvalue weighted by Gasteiger charge is -2.41. The number of nitrogens with zero attached hydrogens (tertiary/aromatic N) is 4. The Hall–Kier alpha value is -0.950. The Bertz CT molecular complexity index is 999. The third kappa shape index (κ3) is 4.34. The summed E-state index contributed by atoms with van der Waals surface area (Å²) in [6.45, 7) is -0.447. The fraction of sp³-hybridized carbons (Fsp3) is 0.353. The highest BCUT2D eigenvalue weighted by atomic mass is 35.5. The van der Waals surface area contributed by atoms with Crippen molar-refractivity contribution in [2.75, 3.05) is 6.61 Å². The summed E-state index contributed by atoms with van der Waals surface area (Å²) in [7, 11) is 0. The van der Waals surface area contributed by atoms with E-state index in [1.807, 2.05) is 5.38 Å². The van der Waals surface area contributed by atoms with Gasteiger partial charge in [0.1, 0.15) is 40.5 Å². The molecule has 1 aromatic carbocycles. The van der Waals surface area contributed by atoms with Crippen LogP contribution < -0.4 is 0 Å². The van der Waals surface area contributed by atoms with Gasteiger partial charge in [0.15, 0.2) is 0 Å². The summed E-state index contributed by atoms with van der Waals surface area (Å²) in [5, 5.41) is 42.7. The number of hydrogen-bond donors (Lipinski definition) is 3. The molecule has 1 aliphatic rings. The van der Waals surface area contributed by atoms with Crippen LogP contribution in [-0.4, -0.2) is 65.7 Å². The summed E-state index contributed by atoms with van der Waals surface area (Å²) in [5.74, 6) is 0. The minimum Gasteiger partial charge on any atom is -0.394 e. The van der Waals surface area contributed by atoms with Gasteiger partial charge in [-0.25, -0.2) is 9.67 Å². The smallest absolute Gasteiger partial charge is 0.145 e. The molecule has 1 fully saturated rings. The summed E-state index contributed by atoms with van der Waals surface area (Å²) in [5.41, 5.74) is -0.340. The molecule has 3 unspecified atom stereocenters. The highest BCUT2D eigenvalue weighted by molar-refractivity contribution is 7.99. The maximum Gasteiger partial charge on any atom is 0.145 e. The van der Waals surface area contributed by atoms with Crippen LogP contribution in [0, 0.1) is 0 Å². The Balaban J connectivity index is 1.62. The van der Waals surface area contributed by atoms with Crippen LogP contribution in [0.1, 0.15) is 6.04 Å². The third-order valence-electron chi connectivity index (χ3n) is 4.53. The van der Waals surface area contributed by atoms with Crippen molar-refractivity contribution in [1.29, 1.82) is 0 Å². The number of aliphatic hydroxyl groups excluding tert-OH is 3. The molecule has 0 saturated carbocycles. The van der Waals surface area contributed by atoms with Gasteiger partial charge in [0.2, 0.25) is 0 Å². The summed E-state index contributed by atoms with van der Waals surface area (Å²) in [6, 6.07) is 2.29. The fourth-order valence-electron chi connectivity index (χ4n) is 3.08. The molecule has 1 saturated heterocycles. The minimum absolute atomic E-state index is 0.228. The fourth-order valence-corrected chi connectivity index (χ4v) is 5.53. The number of thiazole rings is 1. The van der Waals surface area contributed by atoms with Crippen molar-refractivity contribution in [1.82, 2.24) is 20.0 Å². The lowest BCUT2D eigenvalue weighted by atomic mass is 9.97. The van der Waals surface area contributed by atoms with Gasteiger partial charge in [-0.3, -0.25) is 0 Å². The maximum absolute atomic E-state index is 11.0. The molecule has 30 heavy (non-hydrogen) atoms. The molecule has 4 rings (SSSR count). The quantitative estimate of drug-likeness (QED) is 0.450. The lowest BCUT2D eigenvalue weighted by molar-refractivity contribution is -0.178. The van der Waals surface area contributed by atoms with Gasteiger partial charge in [-0.2, -0.15) is 0 Å². The molecular formula is C17H15Cl3N4O4S2. The van der Waals surface area contributed by atoms with Crippen LogP contribution in [0.5, 0.6) is 0 Å². The average Bonchev–Trinajstić information content (AvgIpc) is 3.40. The highest BCUT2D eigenvalue weighted by Crippen LogP contribution is 2.41. The lowest BCUT2D eigenvalue weighted by Crippen LogP contribution is -2.55. The normalized spacial score (nSPS) is 26.8. The molecule has 0 spiro atoms. The van der Waals surface area contributed by atoms with Gasteiger partial charge in [-0.1, -0.05) is 51.8 Å². The number of ether oxygens (including phenoxy) is 1. The number of thioether (sulfide) groups is 1. The standard InChI is InChI=1S/C17H15Cl3N4O4S2/c18-8-3-7(4-9(19)12(8)20)30-17-15(27)13(14(26)11(6-25)28-17)24-5-10(22-23-24)16-21-1-2-29-16/h1-5,11,13-15,17,25-27H,6H2/t11?,13?,14-,15?,17+/m0/s1. The molecule has 0 bridgehead atoms. The van der Waals surface area contributed by atoms with Crippen LogP contribution in [0.2, 0.25) is 15.1 Å². The second-order valence-electron chi connectivity index (χ2n) is 6.44. The molecule has 13 heteroatoms. The van der Waals surface area contributed by atoms with Gasteiger partial charge < -0.3 is 20.1 Å². The zero-order chi connectivity index (χ0) is 21.4. The van der Waals surface area contributed by atoms with E-state index >= 15 is 0 Å². The van der Waals surface area contributed by atoms with Crippen molar-refractivity contribution in [3.8, 4) is 10.7 Å². The average molecular weight is 510 g/mol. The van der Waals surface area contributed by atoms with E-state index < -0.39 is 36.4 Å². The number of benzene rings is 1. The minimum atomic E-state index is -1.22. The van der Waals surface area contributed by atoms with Crippen molar-refractivity contribution in [3.63, 3.8) is 0 Å². The van der Waals surface area contributed by atoms with E-state index in [1.165, 1.54) is 16.0 Å². The molecule has 3 N–H and O–H groups in total. The van der Waals surface area contributed by atoms with E-state index in [2.05, 4.69) is 15.3 Å². The molecule has 3 heterocycles. The third-order valence-corrected chi connectivity index (χ3v) is 7.65. The molecule has 0 radical (unpaired) electrons. The van der Waals surface area contributed by atoms with E-state index in [0.717, 1.165) is 11.8 Å². The second-order valence-corrected chi connectivity index (χ2v) is 9.70. The van der Waals surface area contributed by atoms with E-state index in [1.54, 1.807) is 24.5 Å². The Morgan fingerprint density at radius 3 is 2.53 bits per heavy atom. The maximum atomic E-state index is 11.0. The van der Waals surface area contributed by atoms with Crippen molar-refractivity contribution in [2.24, 2.45) is 0 Å². The predicted octanol–water partition coefficient (Wildman–Crippen LogP) is 3.13. The van der Waals surface area contributed by atoms with Gasteiger partial charge in [0.05, 0.1) is 27.9 Å². The van der Waals surface area contributed by atoms with Crippen LogP contribution in [-0.2, 0) is 4.74 Å². The zero-order valence-electron chi connectivity index (χ0n) is 15.0. The number of aliphatic hydroxyl groups is 3. The number of halogens is 3. The molecule has 0 amide bonds. The van der Waals surface area contributed by atoms with Crippen LogP contribution in [0.25, 0.3) is 10.7 Å². The van der Waals surface area contributed by atoms with Crippen molar-refractivity contribution in [2.45, 2.75) is 34.7 Å². The summed E-state index contributed by atoms with van der Waals surface area (Å²) < 4.78 is 7.09. The van der Waals surface area contributed by atoms with Crippen molar-refractivity contribution >= 4 is 57.9 Å². The predicted molar refractivity (Wildman–Crippen MR) is 115 cm³/mol. The van der Waals surface area contributed by atoms with Crippen molar-refractivity contribution in [3.05, 3.63) is 45.0 Å². The monoisotopic (exact) mass is 508 g/mol. The largest absolute Gasteiger partial charge is 0.394 e. The molecular weight excluding hydrogens is 495 g/mol. The number of hydrogen-bond acceptors (Lipinski definition) is 9. The Kier molecular flexibility index (Phi) is 6.88. The summed E-state index contributed by atoms with van der Waals surface area (Å²) >= 11 is 20.7. The first-order chi connectivity index (χ1) is 14.4. The molecule has 8 nitrogen and oxygen atoms in total. The van der Waals surface area contributed by atoms with E-state index in [-0.39, 0.29) is 15.1 Å². The van der Waals surface area contributed by atoms with E-state index in [9.17, 15) is 15.3 Å². The topological polar surface area (TPSA) is 114 Å². The van der Waals surface area contributed by atoms with Gasteiger partial charge in [0, 0.05) is 16.5 Å². The first kappa shape index (κ1) is 22.3. The van der Waals surface area contributed by atoms with E-state index in [4.69, 9.17) is 39.5 Å². The van der Waals surface area contributed by atoms with E-state index in [0.29, 0.717) is 15.6 Å². The Morgan fingerprint density at radius 1 is 1.17 bits per heavy atom. The first-order valence-electron chi connectivity index (χ1n) is 8.64. The Labute approximate surface area is 194 Å².